The Morgan fingerprint density at radius 2 is 2.11 bits per heavy atom. The van der Waals surface area contributed by atoms with Crippen molar-refractivity contribution in [1.82, 2.24) is 4.72 Å². The zero-order valence-electron chi connectivity index (χ0n) is 10.5. The Balaban J connectivity index is 2.06. The molecule has 0 spiro atoms. The SMILES string of the molecule is Cc1oc(CO)cc1S(=O)(=O)NCC1CCCC1. The summed E-state index contributed by atoms with van der Waals surface area (Å²) < 4.78 is 32.0. The summed E-state index contributed by atoms with van der Waals surface area (Å²) in [6, 6.07) is 1.38. The van der Waals surface area contributed by atoms with E-state index < -0.39 is 10.0 Å². The Morgan fingerprint density at radius 3 is 2.67 bits per heavy atom. The predicted molar refractivity (Wildman–Crippen MR) is 66.5 cm³/mol. The quantitative estimate of drug-likeness (QED) is 0.853. The van der Waals surface area contributed by atoms with Gasteiger partial charge in [-0.2, -0.15) is 0 Å². The minimum absolute atomic E-state index is 0.129. The molecule has 0 amide bonds. The normalized spacial score (nSPS) is 17.4. The van der Waals surface area contributed by atoms with Crippen LogP contribution in [0.25, 0.3) is 0 Å². The lowest BCUT2D eigenvalue weighted by molar-refractivity contribution is 0.244. The van der Waals surface area contributed by atoms with Crippen LogP contribution in [0.5, 0.6) is 0 Å². The molecule has 1 aromatic rings. The number of aliphatic hydroxyl groups excluding tert-OH is 1. The van der Waals surface area contributed by atoms with E-state index in [4.69, 9.17) is 9.52 Å². The van der Waals surface area contributed by atoms with Gasteiger partial charge in [0.05, 0.1) is 0 Å². The van der Waals surface area contributed by atoms with Crippen LogP contribution in [0.2, 0.25) is 0 Å². The minimum atomic E-state index is -3.52. The standard InChI is InChI=1S/C12H19NO4S/c1-9-12(6-11(8-14)17-9)18(15,16)13-7-10-4-2-3-5-10/h6,10,13-14H,2-5,7-8H2,1H3. The Kier molecular flexibility index (Phi) is 4.09. The average Bonchev–Trinajstić information content (AvgIpc) is 2.95. The van der Waals surface area contributed by atoms with E-state index in [1.165, 1.54) is 18.9 Å². The predicted octanol–water partition coefficient (Wildman–Crippen LogP) is 1.55. The molecule has 5 nitrogen and oxygen atoms in total. The molecule has 1 aliphatic rings. The molecule has 0 atom stereocenters. The van der Waals surface area contributed by atoms with Gasteiger partial charge in [-0.05, 0) is 25.7 Å². The maximum atomic E-state index is 12.1. The highest BCUT2D eigenvalue weighted by Gasteiger charge is 2.23. The summed E-state index contributed by atoms with van der Waals surface area (Å²) in [4.78, 5) is 0.129. The van der Waals surface area contributed by atoms with Crippen LogP contribution >= 0.6 is 0 Å². The molecule has 18 heavy (non-hydrogen) atoms. The Bertz CT molecular complexity index is 500. The van der Waals surface area contributed by atoms with Crippen LogP contribution in [-0.2, 0) is 16.6 Å². The van der Waals surface area contributed by atoms with Gasteiger partial charge in [0.1, 0.15) is 23.0 Å². The van der Waals surface area contributed by atoms with Crippen LogP contribution in [0.3, 0.4) is 0 Å². The van der Waals surface area contributed by atoms with Crippen molar-refractivity contribution in [3.63, 3.8) is 0 Å². The molecule has 102 valence electrons. The number of hydrogen-bond acceptors (Lipinski definition) is 4. The molecule has 1 saturated carbocycles. The summed E-state index contributed by atoms with van der Waals surface area (Å²) in [6.07, 6.45) is 4.56. The number of aryl methyl sites for hydroxylation is 1. The first-order chi connectivity index (χ1) is 8.53. The monoisotopic (exact) mass is 273 g/mol. The fourth-order valence-corrected chi connectivity index (χ4v) is 3.71. The van der Waals surface area contributed by atoms with Crippen LogP contribution in [0.4, 0.5) is 0 Å². The minimum Gasteiger partial charge on any atom is -0.462 e. The molecule has 0 bridgehead atoms. The zero-order valence-corrected chi connectivity index (χ0v) is 11.3. The van der Waals surface area contributed by atoms with Crippen molar-refractivity contribution in [2.45, 2.75) is 44.1 Å². The molecule has 0 radical (unpaired) electrons. The summed E-state index contributed by atoms with van der Waals surface area (Å²) >= 11 is 0. The first kappa shape index (κ1) is 13.6. The molecule has 1 aromatic heterocycles. The summed E-state index contributed by atoms with van der Waals surface area (Å²) in [6.45, 7) is 1.78. The number of rotatable bonds is 5. The van der Waals surface area contributed by atoms with Crippen LogP contribution in [0, 0.1) is 12.8 Å². The fraction of sp³-hybridized carbons (Fsp3) is 0.667. The van der Waals surface area contributed by atoms with Gasteiger partial charge in [-0.3, -0.25) is 0 Å². The third-order valence-electron chi connectivity index (χ3n) is 3.41. The van der Waals surface area contributed by atoms with Gasteiger partial charge in [-0.15, -0.1) is 0 Å². The Morgan fingerprint density at radius 1 is 1.44 bits per heavy atom. The van der Waals surface area contributed by atoms with E-state index >= 15 is 0 Å². The molecular weight excluding hydrogens is 254 g/mol. The van der Waals surface area contributed by atoms with E-state index in [-0.39, 0.29) is 17.3 Å². The first-order valence-electron chi connectivity index (χ1n) is 6.23. The van der Waals surface area contributed by atoms with Gasteiger partial charge in [0.2, 0.25) is 10.0 Å². The highest BCUT2D eigenvalue weighted by Crippen LogP contribution is 2.25. The van der Waals surface area contributed by atoms with E-state index in [0.29, 0.717) is 18.2 Å². The third-order valence-corrected chi connectivity index (χ3v) is 4.94. The lowest BCUT2D eigenvalue weighted by Crippen LogP contribution is -2.28. The van der Waals surface area contributed by atoms with Crippen molar-refractivity contribution in [2.24, 2.45) is 5.92 Å². The number of nitrogens with one attached hydrogen (secondary N) is 1. The number of hydrogen-bond donors (Lipinski definition) is 2. The maximum absolute atomic E-state index is 12.1. The Labute approximate surface area is 107 Å². The Hall–Kier alpha value is -0.850. The van der Waals surface area contributed by atoms with Crippen molar-refractivity contribution in [3.05, 3.63) is 17.6 Å². The van der Waals surface area contributed by atoms with Crippen LogP contribution < -0.4 is 4.72 Å². The second kappa shape index (κ2) is 5.42. The van der Waals surface area contributed by atoms with Gasteiger partial charge in [0, 0.05) is 12.6 Å². The van der Waals surface area contributed by atoms with E-state index in [0.717, 1.165) is 12.8 Å². The second-order valence-electron chi connectivity index (χ2n) is 4.79. The number of sulfonamides is 1. The topological polar surface area (TPSA) is 79.5 Å². The molecule has 6 heteroatoms. The molecule has 0 aromatic carbocycles. The van der Waals surface area contributed by atoms with E-state index in [9.17, 15) is 8.42 Å². The van der Waals surface area contributed by atoms with Gasteiger partial charge >= 0.3 is 0 Å². The van der Waals surface area contributed by atoms with Crippen LogP contribution in [0.1, 0.15) is 37.2 Å². The largest absolute Gasteiger partial charge is 0.462 e. The lowest BCUT2D eigenvalue weighted by atomic mass is 10.1. The van der Waals surface area contributed by atoms with Crippen molar-refractivity contribution in [2.75, 3.05) is 6.54 Å². The average molecular weight is 273 g/mol. The van der Waals surface area contributed by atoms with Crippen LogP contribution in [0.15, 0.2) is 15.4 Å². The molecular formula is C12H19NO4S. The van der Waals surface area contributed by atoms with Gasteiger partial charge in [0.25, 0.3) is 0 Å². The van der Waals surface area contributed by atoms with E-state index in [1.54, 1.807) is 6.92 Å². The van der Waals surface area contributed by atoms with Crippen LogP contribution in [-0.4, -0.2) is 20.1 Å². The molecule has 1 aliphatic carbocycles. The molecule has 2 N–H and O–H groups in total. The summed E-state index contributed by atoms with van der Waals surface area (Å²) in [5.74, 6) is 1.04. The molecule has 2 rings (SSSR count). The second-order valence-corrected chi connectivity index (χ2v) is 6.53. The van der Waals surface area contributed by atoms with Crippen molar-refractivity contribution >= 4 is 10.0 Å². The molecule has 0 saturated heterocycles. The highest BCUT2D eigenvalue weighted by atomic mass is 32.2. The zero-order chi connectivity index (χ0) is 13.2. The smallest absolute Gasteiger partial charge is 0.244 e. The lowest BCUT2D eigenvalue weighted by Gasteiger charge is -2.10. The van der Waals surface area contributed by atoms with E-state index in [1.807, 2.05) is 0 Å². The third kappa shape index (κ3) is 2.93. The summed E-state index contributed by atoms with van der Waals surface area (Å²) in [5.41, 5.74) is 0. The fourth-order valence-electron chi connectivity index (χ4n) is 2.39. The van der Waals surface area contributed by atoms with Crippen molar-refractivity contribution < 1.29 is 17.9 Å². The molecule has 1 heterocycles. The van der Waals surface area contributed by atoms with E-state index in [2.05, 4.69) is 4.72 Å². The van der Waals surface area contributed by atoms with Crippen molar-refractivity contribution in [3.8, 4) is 0 Å². The number of furan rings is 1. The summed E-state index contributed by atoms with van der Waals surface area (Å²) in [7, 11) is -3.52. The summed E-state index contributed by atoms with van der Waals surface area (Å²) in [5, 5.41) is 8.93. The molecule has 0 unspecified atom stereocenters. The van der Waals surface area contributed by atoms with Gasteiger partial charge in [-0.1, -0.05) is 12.8 Å². The van der Waals surface area contributed by atoms with Crippen molar-refractivity contribution in [1.29, 1.82) is 0 Å². The van der Waals surface area contributed by atoms with Gasteiger partial charge in [0.15, 0.2) is 0 Å². The molecule has 1 fully saturated rings. The highest BCUT2D eigenvalue weighted by molar-refractivity contribution is 7.89. The van der Waals surface area contributed by atoms with Gasteiger partial charge in [-0.25, -0.2) is 13.1 Å². The molecule has 0 aliphatic heterocycles. The number of aliphatic hydroxyl groups is 1. The van der Waals surface area contributed by atoms with Gasteiger partial charge < -0.3 is 9.52 Å². The maximum Gasteiger partial charge on any atom is 0.244 e. The first-order valence-corrected chi connectivity index (χ1v) is 7.71.